The summed E-state index contributed by atoms with van der Waals surface area (Å²) in [5.41, 5.74) is 5.63. The van der Waals surface area contributed by atoms with E-state index in [0.29, 0.717) is 11.9 Å². The minimum atomic E-state index is -0.516. The Labute approximate surface area is 80.0 Å². The number of aliphatic hydroxyl groups excluding tert-OH is 1. The topological polar surface area (TPSA) is 58.6 Å². The second kappa shape index (κ2) is 4.61. The zero-order valence-electron chi connectivity index (χ0n) is 8.53. The van der Waals surface area contributed by atoms with Gasteiger partial charge in [-0.1, -0.05) is 26.7 Å². The van der Waals surface area contributed by atoms with E-state index in [4.69, 9.17) is 5.73 Å². The van der Waals surface area contributed by atoms with Crippen LogP contribution in [0.2, 0.25) is 0 Å². The highest BCUT2D eigenvalue weighted by Gasteiger charge is 2.26. The van der Waals surface area contributed by atoms with Crippen LogP contribution >= 0.6 is 0 Å². The molecule has 1 aliphatic heterocycles. The van der Waals surface area contributed by atoms with Crippen LogP contribution in [0.15, 0.2) is 4.99 Å². The summed E-state index contributed by atoms with van der Waals surface area (Å²) in [7, 11) is 0. The molecule has 0 spiro atoms. The van der Waals surface area contributed by atoms with Crippen LogP contribution in [0.3, 0.4) is 0 Å². The summed E-state index contributed by atoms with van der Waals surface area (Å²) in [6.45, 7) is 4.21. The van der Waals surface area contributed by atoms with E-state index in [1.807, 2.05) is 6.92 Å². The van der Waals surface area contributed by atoms with Gasteiger partial charge in [0.2, 0.25) is 0 Å². The number of nitrogens with two attached hydrogens (primary N) is 1. The fraction of sp³-hybridized carbons (Fsp3) is 0.900. The molecule has 0 aromatic carbocycles. The van der Waals surface area contributed by atoms with E-state index in [0.717, 1.165) is 12.8 Å². The summed E-state index contributed by atoms with van der Waals surface area (Å²) >= 11 is 0. The van der Waals surface area contributed by atoms with Gasteiger partial charge in [-0.2, -0.15) is 0 Å². The Kier molecular flexibility index (Phi) is 3.72. The molecule has 3 heteroatoms. The van der Waals surface area contributed by atoms with Gasteiger partial charge in [-0.15, -0.1) is 0 Å². The number of aliphatic hydroxyl groups is 1. The second-order valence-electron chi connectivity index (χ2n) is 4.01. The summed E-state index contributed by atoms with van der Waals surface area (Å²) in [6.07, 6.45) is 3.96. The van der Waals surface area contributed by atoms with E-state index in [-0.39, 0.29) is 5.92 Å². The third kappa shape index (κ3) is 2.69. The van der Waals surface area contributed by atoms with Crippen LogP contribution in [-0.4, -0.2) is 23.1 Å². The van der Waals surface area contributed by atoms with Gasteiger partial charge in [0.15, 0.2) is 0 Å². The molecule has 3 nitrogen and oxygen atoms in total. The Morgan fingerprint density at radius 1 is 1.62 bits per heavy atom. The fourth-order valence-electron chi connectivity index (χ4n) is 1.81. The normalized spacial score (nSPS) is 34.4. The lowest BCUT2D eigenvalue weighted by atomic mass is 9.90. The third-order valence-corrected chi connectivity index (χ3v) is 2.71. The third-order valence-electron chi connectivity index (χ3n) is 2.71. The molecule has 0 saturated heterocycles. The van der Waals surface area contributed by atoms with Gasteiger partial charge in [0.05, 0.1) is 6.04 Å². The monoisotopic (exact) mass is 184 g/mol. The predicted octanol–water partition coefficient (Wildman–Crippen LogP) is 1.30. The lowest BCUT2D eigenvalue weighted by molar-refractivity contribution is 0.156. The lowest BCUT2D eigenvalue weighted by Gasteiger charge is -2.28. The Bertz CT molecular complexity index is 191. The molecule has 76 valence electrons. The molecule has 3 N–H and O–H groups in total. The van der Waals surface area contributed by atoms with E-state index in [1.54, 1.807) is 0 Å². The first kappa shape index (κ1) is 10.5. The highest BCUT2D eigenvalue weighted by atomic mass is 16.3. The van der Waals surface area contributed by atoms with Crippen molar-refractivity contribution in [2.45, 2.75) is 51.7 Å². The van der Waals surface area contributed by atoms with Crippen molar-refractivity contribution in [1.82, 2.24) is 0 Å². The molecule has 13 heavy (non-hydrogen) atoms. The smallest absolute Gasteiger partial charge is 0.123 e. The van der Waals surface area contributed by atoms with E-state index in [2.05, 4.69) is 11.9 Å². The van der Waals surface area contributed by atoms with Crippen molar-refractivity contribution in [3.63, 3.8) is 0 Å². The van der Waals surface area contributed by atoms with Gasteiger partial charge < -0.3 is 10.8 Å². The molecule has 0 radical (unpaired) electrons. The van der Waals surface area contributed by atoms with E-state index in [1.165, 1.54) is 12.8 Å². The highest BCUT2D eigenvalue weighted by Crippen LogP contribution is 2.22. The molecule has 3 atom stereocenters. The minimum absolute atomic E-state index is 0.263. The van der Waals surface area contributed by atoms with E-state index in [9.17, 15) is 5.11 Å². The summed E-state index contributed by atoms with van der Waals surface area (Å²) in [6, 6.07) is 0.346. The molecule has 0 aromatic rings. The summed E-state index contributed by atoms with van der Waals surface area (Å²) in [5.74, 6) is 0.694. The van der Waals surface area contributed by atoms with Crippen LogP contribution in [0.5, 0.6) is 0 Å². The maximum Gasteiger partial charge on any atom is 0.123 e. The number of unbranched alkanes of at least 4 members (excludes halogenated alkanes) is 1. The quantitative estimate of drug-likeness (QED) is 0.694. The van der Waals surface area contributed by atoms with E-state index < -0.39 is 6.10 Å². The first-order chi connectivity index (χ1) is 6.15. The Morgan fingerprint density at radius 3 is 2.85 bits per heavy atom. The molecule has 0 amide bonds. The summed E-state index contributed by atoms with van der Waals surface area (Å²) in [4.78, 5) is 4.30. The molecule has 0 bridgehead atoms. The molecule has 0 aliphatic carbocycles. The molecule has 0 saturated carbocycles. The molecule has 0 fully saturated rings. The molecular weight excluding hydrogens is 164 g/mol. The number of nitrogens with zero attached hydrogens (tertiary/aromatic N) is 1. The molecule has 3 unspecified atom stereocenters. The lowest BCUT2D eigenvalue weighted by Crippen LogP contribution is -2.40. The number of hydrogen-bond acceptors (Lipinski definition) is 3. The Hall–Kier alpha value is -0.570. The maximum absolute atomic E-state index is 9.53. The van der Waals surface area contributed by atoms with Gasteiger partial charge in [-0.3, -0.25) is 4.99 Å². The van der Waals surface area contributed by atoms with Gasteiger partial charge in [0.1, 0.15) is 11.9 Å². The van der Waals surface area contributed by atoms with Crippen molar-refractivity contribution in [1.29, 1.82) is 0 Å². The zero-order valence-corrected chi connectivity index (χ0v) is 8.53. The van der Waals surface area contributed by atoms with Crippen LogP contribution < -0.4 is 5.73 Å². The number of aliphatic imine (C=N–C) groups is 1. The average molecular weight is 184 g/mol. The van der Waals surface area contributed by atoms with Crippen LogP contribution in [0, 0.1) is 5.92 Å². The molecule has 0 aromatic heterocycles. The van der Waals surface area contributed by atoms with E-state index >= 15 is 0 Å². The van der Waals surface area contributed by atoms with Crippen molar-refractivity contribution in [3.8, 4) is 0 Å². The first-order valence-electron chi connectivity index (χ1n) is 5.16. The largest absolute Gasteiger partial charge is 0.385 e. The van der Waals surface area contributed by atoms with Crippen molar-refractivity contribution in [2.75, 3.05) is 0 Å². The SMILES string of the molecule is CCCCC1CC(C)C(O)C(N)=N1. The van der Waals surface area contributed by atoms with Crippen LogP contribution in [0.25, 0.3) is 0 Å². The standard InChI is InChI=1S/C10H20N2O/c1-3-4-5-8-6-7(2)9(13)10(11)12-8/h7-9,13H,3-6H2,1-2H3,(H2,11,12). The second-order valence-corrected chi connectivity index (χ2v) is 4.01. The van der Waals surface area contributed by atoms with Crippen molar-refractivity contribution >= 4 is 5.84 Å². The van der Waals surface area contributed by atoms with Gasteiger partial charge in [0, 0.05) is 0 Å². The van der Waals surface area contributed by atoms with Gasteiger partial charge in [0.25, 0.3) is 0 Å². The van der Waals surface area contributed by atoms with Crippen molar-refractivity contribution in [3.05, 3.63) is 0 Å². The van der Waals surface area contributed by atoms with Crippen LogP contribution in [0.1, 0.15) is 39.5 Å². The molecule has 1 heterocycles. The molecule has 1 rings (SSSR count). The minimum Gasteiger partial charge on any atom is -0.385 e. The number of amidine groups is 1. The van der Waals surface area contributed by atoms with Gasteiger partial charge in [-0.05, 0) is 18.8 Å². The van der Waals surface area contributed by atoms with Gasteiger partial charge >= 0.3 is 0 Å². The number of hydrogen-bond donors (Lipinski definition) is 2. The first-order valence-corrected chi connectivity index (χ1v) is 5.16. The van der Waals surface area contributed by atoms with Gasteiger partial charge in [-0.25, -0.2) is 0 Å². The molecule has 1 aliphatic rings. The average Bonchev–Trinajstić information content (AvgIpc) is 2.10. The van der Waals surface area contributed by atoms with Crippen LogP contribution in [-0.2, 0) is 0 Å². The summed E-state index contributed by atoms with van der Waals surface area (Å²) in [5, 5.41) is 9.53. The maximum atomic E-state index is 9.53. The zero-order chi connectivity index (χ0) is 9.84. The Balaban J connectivity index is 2.50. The molecular formula is C10H20N2O. The summed E-state index contributed by atoms with van der Waals surface area (Å²) < 4.78 is 0. The highest BCUT2D eigenvalue weighted by molar-refractivity contribution is 5.85. The number of rotatable bonds is 3. The Morgan fingerprint density at radius 2 is 2.31 bits per heavy atom. The predicted molar refractivity (Wildman–Crippen MR) is 54.7 cm³/mol. The van der Waals surface area contributed by atoms with Crippen LogP contribution in [0.4, 0.5) is 0 Å². The van der Waals surface area contributed by atoms with Crippen molar-refractivity contribution < 1.29 is 5.11 Å². The fourth-order valence-corrected chi connectivity index (χ4v) is 1.81. The van der Waals surface area contributed by atoms with Crippen molar-refractivity contribution in [2.24, 2.45) is 16.6 Å².